The van der Waals surface area contributed by atoms with Crippen molar-refractivity contribution in [2.24, 2.45) is 0 Å². The maximum Gasteiger partial charge on any atom is 0.119 e. The molecule has 0 aliphatic heterocycles. The molecule has 0 amide bonds. The van der Waals surface area contributed by atoms with Crippen LogP contribution in [0, 0.1) is 20.8 Å². The smallest absolute Gasteiger partial charge is 0.119 e. The number of aromatic hydroxyl groups is 1. The average Bonchev–Trinajstić information content (AvgIpc) is 2.20. The van der Waals surface area contributed by atoms with Gasteiger partial charge in [0.15, 0.2) is 0 Å². The van der Waals surface area contributed by atoms with Crippen LogP contribution in [-0.2, 0) is 6.54 Å². The van der Waals surface area contributed by atoms with E-state index >= 15 is 0 Å². The Kier molecular flexibility index (Phi) is 4.15. The molecule has 15 heavy (non-hydrogen) atoms. The molecule has 0 saturated heterocycles. The summed E-state index contributed by atoms with van der Waals surface area (Å²) >= 11 is 0. The van der Waals surface area contributed by atoms with Crippen molar-refractivity contribution in [2.45, 2.75) is 40.7 Å². The van der Waals surface area contributed by atoms with Crippen molar-refractivity contribution >= 4 is 0 Å². The Labute approximate surface area is 92.3 Å². The molecule has 1 rings (SSSR count). The van der Waals surface area contributed by atoms with Crippen molar-refractivity contribution < 1.29 is 5.11 Å². The number of hydrogen-bond acceptors (Lipinski definition) is 2. The predicted octanol–water partition coefficient (Wildman–Crippen LogP) is 2.82. The molecule has 0 radical (unpaired) electrons. The second-order valence-corrected chi connectivity index (χ2v) is 4.12. The van der Waals surface area contributed by atoms with Gasteiger partial charge in [-0.2, -0.15) is 0 Å². The summed E-state index contributed by atoms with van der Waals surface area (Å²) in [7, 11) is 0. The van der Waals surface area contributed by atoms with Crippen LogP contribution in [0.25, 0.3) is 0 Å². The van der Waals surface area contributed by atoms with E-state index in [2.05, 4.69) is 26.1 Å². The summed E-state index contributed by atoms with van der Waals surface area (Å²) in [4.78, 5) is 0. The summed E-state index contributed by atoms with van der Waals surface area (Å²) < 4.78 is 0. The van der Waals surface area contributed by atoms with Crippen molar-refractivity contribution in [1.29, 1.82) is 0 Å². The van der Waals surface area contributed by atoms with Gasteiger partial charge in [0.2, 0.25) is 0 Å². The van der Waals surface area contributed by atoms with Crippen molar-refractivity contribution in [2.75, 3.05) is 6.54 Å². The average molecular weight is 207 g/mol. The number of phenols is 1. The van der Waals surface area contributed by atoms with E-state index in [0.717, 1.165) is 25.1 Å². The molecule has 0 spiro atoms. The van der Waals surface area contributed by atoms with E-state index in [1.165, 1.54) is 16.7 Å². The maximum absolute atomic E-state index is 9.66. The maximum atomic E-state index is 9.66. The standard InChI is InChI=1S/C13H21NO/c1-5-6-14-8-12-9(2)7-13(15)11(4)10(12)3/h7,14-15H,5-6,8H2,1-4H3. The predicted molar refractivity (Wildman–Crippen MR) is 64.3 cm³/mol. The summed E-state index contributed by atoms with van der Waals surface area (Å²) in [5.74, 6) is 0.407. The van der Waals surface area contributed by atoms with Gasteiger partial charge in [0.05, 0.1) is 0 Å². The van der Waals surface area contributed by atoms with Gasteiger partial charge in [-0.1, -0.05) is 6.92 Å². The summed E-state index contributed by atoms with van der Waals surface area (Å²) in [6.45, 7) is 10.2. The Hall–Kier alpha value is -1.02. The minimum absolute atomic E-state index is 0.407. The normalized spacial score (nSPS) is 10.7. The van der Waals surface area contributed by atoms with Crippen LogP contribution in [0.5, 0.6) is 5.75 Å². The molecule has 84 valence electrons. The van der Waals surface area contributed by atoms with Gasteiger partial charge in [-0.05, 0) is 62.1 Å². The molecular weight excluding hydrogens is 186 g/mol. The molecule has 2 N–H and O–H groups in total. The first-order valence-corrected chi connectivity index (χ1v) is 5.57. The number of hydrogen-bond donors (Lipinski definition) is 2. The minimum Gasteiger partial charge on any atom is -0.508 e. The summed E-state index contributed by atoms with van der Waals surface area (Å²) in [5.41, 5.74) is 4.68. The van der Waals surface area contributed by atoms with Crippen molar-refractivity contribution in [1.82, 2.24) is 5.32 Å². The highest BCUT2D eigenvalue weighted by molar-refractivity contribution is 5.47. The number of aryl methyl sites for hydroxylation is 1. The fourth-order valence-corrected chi connectivity index (χ4v) is 1.78. The van der Waals surface area contributed by atoms with Crippen molar-refractivity contribution in [3.05, 3.63) is 28.3 Å². The van der Waals surface area contributed by atoms with E-state index in [-0.39, 0.29) is 0 Å². The molecule has 0 aliphatic rings. The molecule has 0 heterocycles. The topological polar surface area (TPSA) is 32.3 Å². The first-order chi connectivity index (χ1) is 7.07. The van der Waals surface area contributed by atoms with Crippen molar-refractivity contribution in [3.8, 4) is 5.75 Å². The largest absolute Gasteiger partial charge is 0.508 e. The van der Waals surface area contributed by atoms with Gasteiger partial charge in [0.1, 0.15) is 5.75 Å². The lowest BCUT2D eigenvalue weighted by molar-refractivity contribution is 0.469. The van der Waals surface area contributed by atoms with Crippen LogP contribution >= 0.6 is 0 Å². The number of phenolic OH excluding ortho intramolecular Hbond substituents is 1. The van der Waals surface area contributed by atoms with Crippen LogP contribution in [-0.4, -0.2) is 11.7 Å². The molecule has 0 aliphatic carbocycles. The second kappa shape index (κ2) is 5.17. The van der Waals surface area contributed by atoms with E-state index in [1.54, 1.807) is 0 Å². The van der Waals surface area contributed by atoms with Gasteiger partial charge in [-0.3, -0.25) is 0 Å². The van der Waals surface area contributed by atoms with Crippen LogP contribution in [0.2, 0.25) is 0 Å². The first kappa shape index (κ1) is 12.1. The van der Waals surface area contributed by atoms with Crippen LogP contribution in [0.15, 0.2) is 6.07 Å². The van der Waals surface area contributed by atoms with Crippen LogP contribution in [0.3, 0.4) is 0 Å². The van der Waals surface area contributed by atoms with E-state index in [1.807, 2.05) is 13.0 Å². The quantitative estimate of drug-likeness (QED) is 0.744. The van der Waals surface area contributed by atoms with Crippen LogP contribution in [0.4, 0.5) is 0 Å². The second-order valence-electron chi connectivity index (χ2n) is 4.12. The van der Waals surface area contributed by atoms with E-state index in [0.29, 0.717) is 5.75 Å². The SMILES string of the molecule is CCCNCc1c(C)cc(O)c(C)c1C. The lowest BCUT2D eigenvalue weighted by atomic mass is 9.97. The van der Waals surface area contributed by atoms with Crippen LogP contribution < -0.4 is 5.32 Å². The highest BCUT2D eigenvalue weighted by Crippen LogP contribution is 2.26. The highest BCUT2D eigenvalue weighted by atomic mass is 16.3. The number of benzene rings is 1. The lowest BCUT2D eigenvalue weighted by Gasteiger charge is -2.14. The molecule has 0 fully saturated rings. The van der Waals surface area contributed by atoms with Gasteiger partial charge in [-0.25, -0.2) is 0 Å². The summed E-state index contributed by atoms with van der Waals surface area (Å²) in [5, 5.41) is 13.1. The summed E-state index contributed by atoms with van der Waals surface area (Å²) in [6, 6.07) is 1.85. The minimum atomic E-state index is 0.407. The van der Waals surface area contributed by atoms with Crippen molar-refractivity contribution in [3.63, 3.8) is 0 Å². The number of rotatable bonds is 4. The molecule has 1 aromatic carbocycles. The number of nitrogens with one attached hydrogen (secondary N) is 1. The zero-order valence-corrected chi connectivity index (χ0v) is 10.1. The third-order valence-electron chi connectivity index (χ3n) is 2.96. The van der Waals surface area contributed by atoms with E-state index < -0.39 is 0 Å². The molecule has 2 nitrogen and oxygen atoms in total. The van der Waals surface area contributed by atoms with Crippen LogP contribution in [0.1, 0.15) is 35.6 Å². The molecule has 0 atom stereocenters. The molecular formula is C13H21NO. The van der Waals surface area contributed by atoms with Gasteiger partial charge in [0.25, 0.3) is 0 Å². The monoisotopic (exact) mass is 207 g/mol. The molecule has 0 bridgehead atoms. The lowest BCUT2D eigenvalue weighted by Crippen LogP contribution is -2.16. The molecule has 0 saturated carbocycles. The third kappa shape index (κ3) is 2.72. The zero-order valence-electron chi connectivity index (χ0n) is 10.1. The Balaban J connectivity index is 2.92. The van der Waals surface area contributed by atoms with Gasteiger partial charge >= 0.3 is 0 Å². The van der Waals surface area contributed by atoms with Gasteiger partial charge in [0, 0.05) is 6.54 Å². The first-order valence-electron chi connectivity index (χ1n) is 5.57. The zero-order chi connectivity index (χ0) is 11.4. The van der Waals surface area contributed by atoms with Gasteiger partial charge < -0.3 is 10.4 Å². The Bertz CT molecular complexity index is 345. The summed E-state index contributed by atoms with van der Waals surface area (Å²) in [6.07, 6.45) is 1.15. The Morgan fingerprint density at radius 3 is 2.47 bits per heavy atom. The van der Waals surface area contributed by atoms with Gasteiger partial charge in [-0.15, -0.1) is 0 Å². The molecule has 0 aromatic heterocycles. The van der Waals surface area contributed by atoms with E-state index in [4.69, 9.17) is 0 Å². The van der Waals surface area contributed by atoms with E-state index in [9.17, 15) is 5.11 Å². The Morgan fingerprint density at radius 1 is 1.20 bits per heavy atom. The Morgan fingerprint density at radius 2 is 1.87 bits per heavy atom. The molecule has 1 aromatic rings. The fraction of sp³-hybridized carbons (Fsp3) is 0.538. The fourth-order valence-electron chi connectivity index (χ4n) is 1.78. The molecule has 2 heteroatoms. The third-order valence-corrected chi connectivity index (χ3v) is 2.96. The highest BCUT2D eigenvalue weighted by Gasteiger charge is 2.08. The molecule has 0 unspecified atom stereocenters.